The largest absolute Gasteiger partial charge is 0.490 e. The summed E-state index contributed by atoms with van der Waals surface area (Å²) in [6.45, 7) is 3.57. The summed E-state index contributed by atoms with van der Waals surface area (Å²) in [6, 6.07) is 7.82. The average Bonchev–Trinajstić information content (AvgIpc) is 2.83. The number of aliphatic carboxylic acids is 1. The van der Waals surface area contributed by atoms with Gasteiger partial charge < -0.3 is 35.5 Å². The van der Waals surface area contributed by atoms with Gasteiger partial charge >= 0.3 is 18.1 Å². The fourth-order valence-corrected chi connectivity index (χ4v) is 2.71. The molecule has 0 heterocycles. The van der Waals surface area contributed by atoms with Gasteiger partial charge in [-0.3, -0.25) is 5.41 Å². The molecule has 0 aliphatic heterocycles. The molecule has 204 valence electrons. The maximum Gasteiger partial charge on any atom is 0.490 e. The number of amidine groups is 1. The van der Waals surface area contributed by atoms with Crippen LogP contribution in [0.15, 0.2) is 36.4 Å². The van der Waals surface area contributed by atoms with Crippen LogP contribution in [0.25, 0.3) is 0 Å². The van der Waals surface area contributed by atoms with Gasteiger partial charge in [0.15, 0.2) is 17.5 Å². The molecule has 0 aliphatic carbocycles. The lowest BCUT2D eigenvalue weighted by molar-refractivity contribution is -0.192. The molecule has 0 bridgehead atoms. The summed E-state index contributed by atoms with van der Waals surface area (Å²) in [5.41, 5.74) is 6.50. The number of benzene rings is 2. The Morgan fingerprint density at radius 2 is 1.65 bits per heavy atom. The van der Waals surface area contributed by atoms with Crippen molar-refractivity contribution in [3.63, 3.8) is 0 Å². The number of carbonyl (C=O) groups is 2. The second-order valence-corrected chi connectivity index (χ2v) is 6.95. The summed E-state index contributed by atoms with van der Waals surface area (Å²) in [5.74, 6) is -3.84. The number of hydrogen-bond donors (Lipinski definition) is 5. The van der Waals surface area contributed by atoms with Gasteiger partial charge in [0.2, 0.25) is 0 Å². The van der Waals surface area contributed by atoms with Gasteiger partial charge in [0, 0.05) is 22.9 Å². The van der Waals surface area contributed by atoms with Crippen molar-refractivity contribution in [3.8, 4) is 11.5 Å². The Balaban J connectivity index is 0.000000856. The maximum atomic E-state index is 14.9. The van der Waals surface area contributed by atoms with E-state index in [9.17, 15) is 22.4 Å². The second kappa shape index (κ2) is 14.5. The van der Waals surface area contributed by atoms with E-state index in [4.69, 9.17) is 40.4 Å². The molecule has 6 N–H and O–H groups in total. The number of nitrogen functional groups attached to an aromatic ring is 1. The van der Waals surface area contributed by atoms with Crippen molar-refractivity contribution in [2.45, 2.75) is 26.1 Å². The molecule has 0 aromatic heterocycles. The van der Waals surface area contributed by atoms with Crippen LogP contribution < -0.4 is 20.5 Å². The number of halogens is 4. The predicted octanol–water partition coefficient (Wildman–Crippen LogP) is 3.23. The highest BCUT2D eigenvalue weighted by atomic mass is 19.4. The Hall–Kier alpha value is -4.07. The number of anilines is 1. The fourth-order valence-electron chi connectivity index (χ4n) is 2.71. The van der Waals surface area contributed by atoms with Crippen LogP contribution in [-0.2, 0) is 14.3 Å². The summed E-state index contributed by atoms with van der Waals surface area (Å²) >= 11 is 0. The first kappa shape index (κ1) is 31.0. The van der Waals surface area contributed by atoms with Crippen molar-refractivity contribution in [2.75, 3.05) is 31.7 Å². The number of esters is 1. The van der Waals surface area contributed by atoms with E-state index in [1.54, 1.807) is 38.1 Å². The van der Waals surface area contributed by atoms with Crippen molar-refractivity contribution in [2.24, 2.45) is 5.73 Å². The smallest absolute Gasteiger partial charge is 0.490 e. The number of nitrogens with two attached hydrogens (primary N) is 1. The zero-order chi connectivity index (χ0) is 28.2. The summed E-state index contributed by atoms with van der Waals surface area (Å²) < 4.78 is 62.6. The molecule has 0 unspecified atom stereocenters. The first-order valence-electron chi connectivity index (χ1n) is 10.7. The van der Waals surface area contributed by atoms with Gasteiger partial charge in [0.05, 0.1) is 19.8 Å². The summed E-state index contributed by atoms with van der Waals surface area (Å²) in [5, 5.41) is 26.5. The number of carbonyl (C=O) groups excluding carboxylic acids is 1. The molecule has 2 aromatic rings. The predicted molar refractivity (Wildman–Crippen MR) is 124 cm³/mol. The van der Waals surface area contributed by atoms with E-state index in [1.807, 2.05) is 0 Å². The molecule has 0 aliphatic rings. The Morgan fingerprint density at radius 3 is 2.11 bits per heavy atom. The molecule has 0 amide bonds. The number of aliphatic hydroxyl groups is 1. The van der Waals surface area contributed by atoms with Crippen LogP contribution in [0.1, 0.15) is 31.0 Å². The highest BCUT2D eigenvalue weighted by molar-refractivity contribution is 5.95. The number of alkyl halides is 3. The van der Waals surface area contributed by atoms with Crippen molar-refractivity contribution >= 4 is 23.5 Å². The molecule has 2 rings (SSSR count). The molecule has 0 fully saturated rings. The van der Waals surface area contributed by atoms with Gasteiger partial charge in [-0.2, -0.15) is 13.2 Å². The molecular weight excluding hydrogens is 506 g/mol. The van der Waals surface area contributed by atoms with Crippen LogP contribution in [0.4, 0.5) is 23.2 Å². The fraction of sp³-hybridized carbons (Fsp3) is 0.348. The average molecular weight is 533 g/mol. The zero-order valence-electron chi connectivity index (χ0n) is 19.9. The normalized spacial score (nSPS) is 11.4. The first-order chi connectivity index (χ1) is 17.3. The van der Waals surface area contributed by atoms with Crippen molar-refractivity contribution in [1.82, 2.24) is 0 Å². The quantitative estimate of drug-likeness (QED) is 0.126. The number of aliphatic hydroxyl groups excluding tert-OH is 1. The third-order valence-electron chi connectivity index (χ3n) is 4.29. The standard InChI is InChI=1S/C21H26FN3O5.C2HF3O2/c1-3-28-17-11-15(16(22)12-18(17)30-10-9-26)19(21(27)29-4-2)25-14-7-5-13(6-8-14)20(23)24;3-2(4,5)1(6)7/h5-8,11-12,19,25-26H,3-4,9-10H2,1-2H3,(H3,23,24);(H,6,7)/t19-;/m0./s1. The van der Waals surface area contributed by atoms with Crippen LogP contribution in [0, 0.1) is 11.2 Å². The first-order valence-corrected chi connectivity index (χ1v) is 10.7. The molecule has 37 heavy (non-hydrogen) atoms. The van der Waals surface area contributed by atoms with Gasteiger partial charge in [-0.05, 0) is 44.2 Å². The molecular formula is C23H27F4N3O7. The number of hydrogen-bond acceptors (Lipinski definition) is 8. The van der Waals surface area contributed by atoms with E-state index >= 15 is 0 Å². The summed E-state index contributed by atoms with van der Waals surface area (Å²) in [4.78, 5) is 21.5. The van der Waals surface area contributed by atoms with E-state index in [1.165, 1.54) is 6.07 Å². The monoisotopic (exact) mass is 533 g/mol. The van der Waals surface area contributed by atoms with Crippen LogP contribution in [0.3, 0.4) is 0 Å². The summed E-state index contributed by atoms with van der Waals surface area (Å²) in [6.07, 6.45) is -5.08. The molecule has 14 heteroatoms. The highest BCUT2D eigenvalue weighted by Crippen LogP contribution is 2.35. The van der Waals surface area contributed by atoms with Gasteiger partial charge in [-0.1, -0.05) is 0 Å². The minimum atomic E-state index is -5.08. The minimum absolute atomic E-state index is 0.0175. The van der Waals surface area contributed by atoms with E-state index in [-0.39, 0.29) is 42.7 Å². The third-order valence-corrected chi connectivity index (χ3v) is 4.29. The van der Waals surface area contributed by atoms with Crippen molar-refractivity contribution in [3.05, 3.63) is 53.3 Å². The molecule has 0 radical (unpaired) electrons. The van der Waals surface area contributed by atoms with Crippen molar-refractivity contribution in [1.29, 1.82) is 5.41 Å². The molecule has 2 aromatic carbocycles. The van der Waals surface area contributed by atoms with E-state index in [0.29, 0.717) is 17.9 Å². The molecule has 0 saturated carbocycles. The maximum absolute atomic E-state index is 14.9. The van der Waals surface area contributed by atoms with E-state index in [2.05, 4.69) is 5.32 Å². The second-order valence-electron chi connectivity index (χ2n) is 6.95. The van der Waals surface area contributed by atoms with Crippen LogP contribution >= 0.6 is 0 Å². The molecule has 1 atom stereocenters. The van der Waals surface area contributed by atoms with Crippen LogP contribution in [0.2, 0.25) is 0 Å². The lowest BCUT2D eigenvalue weighted by atomic mass is 10.0. The van der Waals surface area contributed by atoms with Crippen LogP contribution in [-0.4, -0.2) is 60.6 Å². The van der Waals surface area contributed by atoms with Gasteiger partial charge in [0.1, 0.15) is 18.3 Å². The summed E-state index contributed by atoms with van der Waals surface area (Å²) in [7, 11) is 0. The molecule has 10 nitrogen and oxygen atoms in total. The van der Waals surface area contributed by atoms with Gasteiger partial charge in [-0.15, -0.1) is 0 Å². The number of carboxylic acids is 1. The Bertz CT molecular complexity index is 1060. The lowest BCUT2D eigenvalue weighted by Crippen LogP contribution is -2.24. The Labute approximate surface area is 209 Å². The number of nitrogens with one attached hydrogen (secondary N) is 2. The number of ether oxygens (including phenoxy) is 3. The highest BCUT2D eigenvalue weighted by Gasteiger charge is 2.38. The molecule has 0 spiro atoms. The minimum Gasteiger partial charge on any atom is -0.490 e. The zero-order valence-corrected chi connectivity index (χ0v) is 19.9. The lowest BCUT2D eigenvalue weighted by Gasteiger charge is -2.21. The van der Waals surface area contributed by atoms with Crippen molar-refractivity contribution < 1.29 is 51.6 Å². The topological polar surface area (TPSA) is 164 Å². The van der Waals surface area contributed by atoms with Gasteiger partial charge in [0.25, 0.3) is 0 Å². The van der Waals surface area contributed by atoms with Crippen LogP contribution in [0.5, 0.6) is 11.5 Å². The van der Waals surface area contributed by atoms with E-state index < -0.39 is 30.0 Å². The molecule has 0 saturated heterocycles. The van der Waals surface area contributed by atoms with Gasteiger partial charge in [-0.25, -0.2) is 14.0 Å². The van der Waals surface area contributed by atoms with E-state index in [0.717, 1.165) is 6.07 Å². The third kappa shape index (κ3) is 9.83. The number of rotatable bonds is 11. The SMILES string of the molecule is CCOC(=O)[C@@H](Nc1ccc(C(=N)N)cc1)c1cc(OCC)c(OCCO)cc1F.O=C(O)C(F)(F)F. The Kier molecular flexibility index (Phi) is 12.1. The number of carboxylic acid groups (broad SMARTS) is 1. The Morgan fingerprint density at radius 1 is 1.08 bits per heavy atom.